The Morgan fingerprint density at radius 2 is 1.21 bits per heavy atom. The SMILES string of the molecule is O=C(CCC(NC(=O)OCc1ccccc1)C(=O)OCc1ccccc1)Nc1ccccc1. The van der Waals surface area contributed by atoms with Crippen LogP contribution in [0.5, 0.6) is 0 Å². The number of para-hydroxylation sites is 1. The van der Waals surface area contributed by atoms with Gasteiger partial charge in [-0.15, -0.1) is 0 Å². The van der Waals surface area contributed by atoms with Crippen LogP contribution in [0.3, 0.4) is 0 Å². The van der Waals surface area contributed by atoms with E-state index in [0.29, 0.717) is 5.69 Å². The first-order valence-electron chi connectivity index (χ1n) is 10.6. The molecular formula is C26H26N2O5. The van der Waals surface area contributed by atoms with E-state index in [9.17, 15) is 14.4 Å². The van der Waals surface area contributed by atoms with E-state index >= 15 is 0 Å². The lowest BCUT2D eigenvalue weighted by Gasteiger charge is -2.18. The molecule has 0 bridgehead atoms. The molecule has 0 saturated carbocycles. The Morgan fingerprint density at radius 3 is 1.79 bits per heavy atom. The van der Waals surface area contributed by atoms with E-state index in [-0.39, 0.29) is 32.0 Å². The van der Waals surface area contributed by atoms with Gasteiger partial charge in [0.2, 0.25) is 5.91 Å². The fraction of sp³-hybridized carbons (Fsp3) is 0.192. The molecule has 170 valence electrons. The molecule has 0 fully saturated rings. The predicted octanol–water partition coefficient (Wildman–Crippen LogP) is 4.44. The van der Waals surface area contributed by atoms with E-state index in [1.54, 1.807) is 12.1 Å². The van der Waals surface area contributed by atoms with Gasteiger partial charge in [-0.05, 0) is 29.7 Å². The van der Waals surface area contributed by atoms with E-state index in [2.05, 4.69) is 10.6 Å². The lowest BCUT2D eigenvalue weighted by Crippen LogP contribution is -2.42. The number of ether oxygens (including phenoxy) is 2. The summed E-state index contributed by atoms with van der Waals surface area (Å²) in [5.74, 6) is -0.912. The van der Waals surface area contributed by atoms with Gasteiger partial charge in [0, 0.05) is 12.1 Å². The van der Waals surface area contributed by atoms with Crippen LogP contribution in [0, 0.1) is 0 Å². The van der Waals surface area contributed by atoms with Gasteiger partial charge in [-0.2, -0.15) is 0 Å². The normalized spacial score (nSPS) is 11.2. The Hall–Kier alpha value is -4.13. The minimum Gasteiger partial charge on any atom is -0.459 e. The Morgan fingerprint density at radius 1 is 0.697 bits per heavy atom. The van der Waals surface area contributed by atoms with E-state index < -0.39 is 18.1 Å². The van der Waals surface area contributed by atoms with Crippen molar-refractivity contribution in [3.8, 4) is 0 Å². The predicted molar refractivity (Wildman–Crippen MR) is 124 cm³/mol. The van der Waals surface area contributed by atoms with Crippen molar-refractivity contribution in [2.75, 3.05) is 5.32 Å². The molecule has 3 aromatic carbocycles. The topological polar surface area (TPSA) is 93.7 Å². The molecule has 7 heteroatoms. The highest BCUT2D eigenvalue weighted by molar-refractivity contribution is 5.91. The molecule has 0 aliphatic carbocycles. The Bertz CT molecular complexity index is 1030. The first kappa shape index (κ1) is 23.5. The van der Waals surface area contributed by atoms with E-state index in [0.717, 1.165) is 11.1 Å². The number of esters is 1. The summed E-state index contributed by atoms with van der Waals surface area (Å²) in [6, 6.07) is 26.4. The van der Waals surface area contributed by atoms with Crippen LogP contribution < -0.4 is 10.6 Å². The molecule has 33 heavy (non-hydrogen) atoms. The first-order chi connectivity index (χ1) is 16.1. The highest BCUT2D eigenvalue weighted by Crippen LogP contribution is 2.10. The second-order valence-corrected chi connectivity index (χ2v) is 7.30. The van der Waals surface area contributed by atoms with Gasteiger partial charge in [-0.1, -0.05) is 78.9 Å². The summed E-state index contributed by atoms with van der Waals surface area (Å²) >= 11 is 0. The number of carbonyl (C=O) groups excluding carboxylic acids is 3. The summed E-state index contributed by atoms with van der Waals surface area (Å²) in [6.07, 6.45) is -0.685. The van der Waals surface area contributed by atoms with Gasteiger partial charge in [0.1, 0.15) is 19.3 Å². The lowest BCUT2D eigenvalue weighted by molar-refractivity contribution is -0.147. The third-order valence-corrected chi connectivity index (χ3v) is 4.73. The molecule has 0 saturated heterocycles. The lowest BCUT2D eigenvalue weighted by atomic mass is 10.1. The number of hydrogen-bond acceptors (Lipinski definition) is 5. The minimum absolute atomic E-state index is 0.0129. The summed E-state index contributed by atoms with van der Waals surface area (Å²) in [6.45, 7) is 0.125. The van der Waals surface area contributed by atoms with Crippen molar-refractivity contribution in [3.63, 3.8) is 0 Å². The molecule has 1 unspecified atom stereocenters. The van der Waals surface area contributed by atoms with Crippen LogP contribution in [0.25, 0.3) is 0 Å². The first-order valence-corrected chi connectivity index (χ1v) is 10.6. The van der Waals surface area contributed by atoms with Crippen LogP contribution in [0.1, 0.15) is 24.0 Å². The van der Waals surface area contributed by atoms with Crippen LogP contribution in [0.15, 0.2) is 91.0 Å². The molecule has 2 amide bonds. The van der Waals surface area contributed by atoms with Crippen molar-refractivity contribution in [3.05, 3.63) is 102 Å². The third-order valence-electron chi connectivity index (χ3n) is 4.73. The molecule has 7 nitrogen and oxygen atoms in total. The van der Waals surface area contributed by atoms with E-state index in [1.165, 1.54) is 0 Å². The van der Waals surface area contributed by atoms with Crippen molar-refractivity contribution in [1.82, 2.24) is 5.32 Å². The summed E-state index contributed by atoms with van der Waals surface area (Å²) in [5, 5.41) is 5.29. The fourth-order valence-electron chi connectivity index (χ4n) is 3.01. The zero-order valence-electron chi connectivity index (χ0n) is 18.1. The number of rotatable bonds is 10. The molecule has 3 rings (SSSR count). The van der Waals surface area contributed by atoms with Gasteiger partial charge in [0.25, 0.3) is 0 Å². The van der Waals surface area contributed by atoms with E-state index in [4.69, 9.17) is 9.47 Å². The average molecular weight is 447 g/mol. The van der Waals surface area contributed by atoms with Crippen molar-refractivity contribution in [2.45, 2.75) is 32.1 Å². The number of benzene rings is 3. The molecule has 0 heterocycles. The second-order valence-electron chi connectivity index (χ2n) is 7.30. The third kappa shape index (κ3) is 8.49. The molecule has 0 spiro atoms. The molecular weight excluding hydrogens is 420 g/mol. The van der Waals surface area contributed by atoms with Gasteiger partial charge in [-0.25, -0.2) is 9.59 Å². The smallest absolute Gasteiger partial charge is 0.408 e. The van der Waals surface area contributed by atoms with Crippen molar-refractivity contribution >= 4 is 23.7 Å². The summed E-state index contributed by atoms with van der Waals surface area (Å²) in [5.41, 5.74) is 2.29. The van der Waals surface area contributed by atoms with Gasteiger partial charge in [0.15, 0.2) is 0 Å². The molecule has 0 aromatic heterocycles. The zero-order valence-corrected chi connectivity index (χ0v) is 18.1. The highest BCUT2D eigenvalue weighted by atomic mass is 16.6. The van der Waals surface area contributed by atoms with E-state index in [1.807, 2.05) is 78.9 Å². The van der Waals surface area contributed by atoms with Crippen molar-refractivity contribution < 1.29 is 23.9 Å². The van der Waals surface area contributed by atoms with Crippen LogP contribution in [-0.4, -0.2) is 24.0 Å². The van der Waals surface area contributed by atoms with Crippen LogP contribution in [0.2, 0.25) is 0 Å². The maximum absolute atomic E-state index is 12.7. The zero-order chi connectivity index (χ0) is 23.3. The molecule has 1 atom stereocenters. The number of carbonyl (C=O) groups is 3. The summed E-state index contributed by atoms with van der Waals surface area (Å²) in [4.78, 5) is 37.3. The average Bonchev–Trinajstić information content (AvgIpc) is 2.85. The number of anilines is 1. The summed E-state index contributed by atoms with van der Waals surface area (Å²) in [7, 11) is 0. The summed E-state index contributed by atoms with van der Waals surface area (Å²) < 4.78 is 10.6. The van der Waals surface area contributed by atoms with Gasteiger partial charge in [-0.3, -0.25) is 4.79 Å². The largest absolute Gasteiger partial charge is 0.459 e. The van der Waals surface area contributed by atoms with Crippen LogP contribution in [-0.2, 0) is 32.3 Å². The molecule has 0 aliphatic heterocycles. The number of hydrogen-bond donors (Lipinski definition) is 2. The van der Waals surface area contributed by atoms with Gasteiger partial charge in [0.05, 0.1) is 0 Å². The van der Waals surface area contributed by atoms with Crippen molar-refractivity contribution in [2.24, 2.45) is 0 Å². The highest BCUT2D eigenvalue weighted by Gasteiger charge is 2.24. The Balaban J connectivity index is 1.55. The van der Waals surface area contributed by atoms with Crippen LogP contribution >= 0.6 is 0 Å². The standard InChI is InChI=1S/C26H26N2O5/c29-24(27-22-14-8-3-9-15-22)17-16-23(25(30)32-18-20-10-4-1-5-11-20)28-26(31)33-19-21-12-6-2-7-13-21/h1-15,23H,16-19H2,(H,27,29)(H,28,31). The van der Waals surface area contributed by atoms with Gasteiger partial charge >= 0.3 is 12.1 Å². The second kappa shape index (κ2) is 12.7. The maximum atomic E-state index is 12.7. The molecule has 2 N–H and O–H groups in total. The maximum Gasteiger partial charge on any atom is 0.408 e. The molecule has 0 radical (unpaired) electrons. The fourth-order valence-corrected chi connectivity index (χ4v) is 3.01. The van der Waals surface area contributed by atoms with Crippen LogP contribution in [0.4, 0.5) is 10.5 Å². The number of alkyl carbamates (subject to hydrolysis) is 1. The minimum atomic E-state index is -1.03. The Kier molecular flexibility index (Phi) is 9.03. The molecule has 3 aromatic rings. The molecule has 0 aliphatic rings. The Labute approximate surface area is 192 Å². The number of nitrogens with one attached hydrogen (secondary N) is 2. The van der Waals surface area contributed by atoms with Crippen molar-refractivity contribution in [1.29, 1.82) is 0 Å². The van der Waals surface area contributed by atoms with Gasteiger partial charge < -0.3 is 20.1 Å². The number of amides is 2. The monoisotopic (exact) mass is 446 g/mol. The quantitative estimate of drug-likeness (QED) is 0.449.